The third-order valence-corrected chi connectivity index (χ3v) is 2.31. The van der Waals surface area contributed by atoms with E-state index in [1.807, 2.05) is 0 Å². The van der Waals surface area contributed by atoms with E-state index in [1.54, 1.807) is 0 Å². The predicted molar refractivity (Wildman–Crippen MR) is 44.8 cm³/mol. The number of nitrogens with one attached hydrogen (secondary N) is 1. The smallest absolute Gasteiger partial charge is 0.475 e. The molecule has 0 aliphatic carbocycles. The Bertz CT molecular complexity index is 300. The molecule has 0 radical (unpaired) electrons. The van der Waals surface area contributed by atoms with Crippen LogP contribution in [0.1, 0.15) is 6.42 Å². The molecule has 0 amide bonds. The summed E-state index contributed by atoms with van der Waals surface area (Å²) in [7, 11) is 0. The Kier molecular flexibility index (Phi) is 3.63. The molecule has 0 unspecified atom stereocenters. The van der Waals surface area contributed by atoms with Crippen molar-refractivity contribution in [1.82, 2.24) is 5.32 Å². The molecule has 0 aromatic rings. The molecule has 2 rings (SSSR count). The molecular weight excluding hydrogens is 253 g/mol. The van der Waals surface area contributed by atoms with E-state index < -0.39 is 30.3 Å². The third-order valence-electron chi connectivity index (χ3n) is 2.31. The van der Waals surface area contributed by atoms with E-state index in [0.29, 0.717) is 13.1 Å². The summed E-state index contributed by atoms with van der Waals surface area (Å²) in [6.07, 6.45) is -5.19. The van der Waals surface area contributed by atoms with E-state index in [4.69, 9.17) is 14.6 Å². The number of carboxylic acid groups (broad SMARTS) is 1. The minimum absolute atomic E-state index is 0.104. The molecule has 0 aromatic carbocycles. The van der Waals surface area contributed by atoms with Crippen LogP contribution >= 0.6 is 0 Å². The lowest BCUT2D eigenvalue weighted by Crippen LogP contribution is -2.59. The summed E-state index contributed by atoms with van der Waals surface area (Å²) in [5.41, 5.74) is -0.510. The van der Waals surface area contributed by atoms with Crippen LogP contribution in [0.3, 0.4) is 0 Å². The van der Waals surface area contributed by atoms with Crippen molar-refractivity contribution < 1.29 is 36.6 Å². The zero-order valence-corrected chi connectivity index (χ0v) is 8.48. The molecular formula is C8H10F5NO3. The van der Waals surface area contributed by atoms with Crippen molar-refractivity contribution in [3.63, 3.8) is 0 Å². The van der Waals surface area contributed by atoms with Gasteiger partial charge in [0.15, 0.2) is 0 Å². The third kappa shape index (κ3) is 3.77. The molecule has 4 nitrogen and oxygen atoms in total. The van der Waals surface area contributed by atoms with Gasteiger partial charge in [-0.15, -0.1) is 0 Å². The molecule has 1 spiro atoms. The van der Waals surface area contributed by atoms with Gasteiger partial charge in [0.05, 0.1) is 5.60 Å². The average molecular weight is 263 g/mol. The Morgan fingerprint density at radius 2 is 1.76 bits per heavy atom. The first kappa shape index (κ1) is 14.1. The van der Waals surface area contributed by atoms with Gasteiger partial charge in [-0.3, -0.25) is 0 Å². The molecule has 100 valence electrons. The largest absolute Gasteiger partial charge is 0.490 e. The maximum Gasteiger partial charge on any atom is 0.490 e. The standard InChI is InChI=1S/C6H9F2NO.C2HF3O2/c7-6(8)1-5(10-4-6)2-9-3-5;3-2(4,5)1(6)7/h9H,1-4H2;(H,6,7). The van der Waals surface area contributed by atoms with Crippen LogP contribution in [0.4, 0.5) is 22.0 Å². The van der Waals surface area contributed by atoms with Gasteiger partial charge in [0.2, 0.25) is 0 Å². The van der Waals surface area contributed by atoms with Crippen LogP contribution in [0.2, 0.25) is 0 Å². The van der Waals surface area contributed by atoms with Crippen LogP contribution in [-0.4, -0.2) is 48.5 Å². The number of rotatable bonds is 0. The van der Waals surface area contributed by atoms with Crippen LogP contribution in [0.5, 0.6) is 0 Å². The summed E-state index contributed by atoms with van der Waals surface area (Å²) in [4.78, 5) is 8.90. The summed E-state index contributed by atoms with van der Waals surface area (Å²) in [6, 6.07) is 0. The molecule has 0 saturated carbocycles. The summed E-state index contributed by atoms with van der Waals surface area (Å²) >= 11 is 0. The fourth-order valence-corrected chi connectivity index (χ4v) is 1.46. The highest BCUT2D eigenvalue weighted by Gasteiger charge is 2.53. The highest BCUT2D eigenvalue weighted by atomic mass is 19.4. The summed E-state index contributed by atoms with van der Waals surface area (Å²) in [5.74, 6) is -5.34. The van der Waals surface area contributed by atoms with Crippen molar-refractivity contribution >= 4 is 5.97 Å². The lowest BCUT2D eigenvalue weighted by atomic mass is 9.92. The van der Waals surface area contributed by atoms with E-state index in [0.717, 1.165) is 0 Å². The van der Waals surface area contributed by atoms with Crippen LogP contribution in [0.15, 0.2) is 0 Å². The monoisotopic (exact) mass is 263 g/mol. The highest BCUT2D eigenvalue weighted by Crippen LogP contribution is 2.38. The molecule has 2 heterocycles. The van der Waals surface area contributed by atoms with Gasteiger partial charge >= 0.3 is 12.1 Å². The molecule has 17 heavy (non-hydrogen) atoms. The maximum absolute atomic E-state index is 12.5. The summed E-state index contributed by atoms with van der Waals surface area (Å²) in [6.45, 7) is 0.778. The first-order chi connectivity index (χ1) is 7.56. The van der Waals surface area contributed by atoms with E-state index in [-0.39, 0.29) is 6.42 Å². The fraction of sp³-hybridized carbons (Fsp3) is 0.875. The second kappa shape index (κ2) is 4.37. The lowest BCUT2D eigenvalue weighted by Gasteiger charge is -2.37. The van der Waals surface area contributed by atoms with E-state index in [9.17, 15) is 22.0 Å². The highest BCUT2D eigenvalue weighted by molar-refractivity contribution is 5.73. The summed E-state index contributed by atoms with van der Waals surface area (Å²) < 4.78 is 61.7. The molecule has 2 N–H and O–H groups in total. The molecule has 2 saturated heterocycles. The Morgan fingerprint density at radius 1 is 1.29 bits per heavy atom. The van der Waals surface area contributed by atoms with Crippen molar-refractivity contribution in [1.29, 1.82) is 0 Å². The maximum atomic E-state index is 12.5. The minimum Gasteiger partial charge on any atom is -0.475 e. The van der Waals surface area contributed by atoms with Crippen molar-refractivity contribution in [2.75, 3.05) is 19.7 Å². The van der Waals surface area contributed by atoms with Gasteiger partial charge in [0.25, 0.3) is 5.92 Å². The van der Waals surface area contributed by atoms with E-state index >= 15 is 0 Å². The number of halogens is 5. The van der Waals surface area contributed by atoms with Gasteiger partial charge < -0.3 is 15.2 Å². The normalized spacial score (nSPS) is 24.8. The average Bonchev–Trinajstić information content (AvgIpc) is 2.41. The number of ether oxygens (including phenoxy) is 1. The van der Waals surface area contributed by atoms with Crippen LogP contribution in [0.25, 0.3) is 0 Å². The number of hydrogen-bond donors (Lipinski definition) is 2. The number of aliphatic carboxylic acids is 1. The minimum atomic E-state index is -5.08. The first-order valence-corrected chi connectivity index (χ1v) is 4.59. The zero-order chi connectivity index (χ0) is 13.3. The van der Waals surface area contributed by atoms with E-state index in [1.165, 1.54) is 0 Å². The quantitative estimate of drug-likeness (QED) is 0.640. The van der Waals surface area contributed by atoms with Gasteiger partial charge in [-0.2, -0.15) is 13.2 Å². The van der Waals surface area contributed by atoms with Gasteiger partial charge in [-0.1, -0.05) is 0 Å². The molecule has 0 aromatic heterocycles. The van der Waals surface area contributed by atoms with Crippen LogP contribution < -0.4 is 5.32 Å². The first-order valence-electron chi connectivity index (χ1n) is 4.59. The summed E-state index contributed by atoms with van der Waals surface area (Å²) in [5, 5.41) is 10.0. The Labute approximate surface area is 92.7 Å². The lowest BCUT2D eigenvalue weighted by molar-refractivity contribution is -0.192. The zero-order valence-electron chi connectivity index (χ0n) is 8.48. The molecule has 0 atom stereocenters. The fourth-order valence-electron chi connectivity index (χ4n) is 1.46. The Morgan fingerprint density at radius 3 is 1.88 bits per heavy atom. The van der Waals surface area contributed by atoms with Gasteiger partial charge in [0, 0.05) is 19.5 Å². The number of carboxylic acids is 1. The topological polar surface area (TPSA) is 58.6 Å². The van der Waals surface area contributed by atoms with Gasteiger partial charge in [-0.05, 0) is 0 Å². The SMILES string of the molecule is FC1(F)COC2(CNC2)C1.O=C(O)C(F)(F)F. The van der Waals surface area contributed by atoms with Gasteiger partial charge in [-0.25, -0.2) is 13.6 Å². The number of hydrogen-bond acceptors (Lipinski definition) is 3. The van der Waals surface area contributed by atoms with Crippen molar-refractivity contribution in [3.8, 4) is 0 Å². The van der Waals surface area contributed by atoms with E-state index in [2.05, 4.69) is 5.32 Å². The molecule has 9 heteroatoms. The number of alkyl halides is 5. The Hall–Kier alpha value is -0.960. The molecule has 2 aliphatic heterocycles. The van der Waals surface area contributed by atoms with Crippen molar-refractivity contribution in [2.45, 2.75) is 24.1 Å². The Balaban J connectivity index is 0.000000185. The number of carbonyl (C=O) groups is 1. The molecule has 2 fully saturated rings. The van der Waals surface area contributed by atoms with Crippen LogP contribution in [0, 0.1) is 0 Å². The van der Waals surface area contributed by atoms with Crippen molar-refractivity contribution in [2.24, 2.45) is 0 Å². The van der Waals surface area contributed by atoms with Crippen molar-refractivity contribution in [3.05, 3.63) is 0 Å². The second-order valence-corrected chi connectivity index (χ2v) is 3.91. The second-order valence-electron chi connectivity index (χ2n) is 3.91. The molecule has 0 bridgehead atoms. The molecule has 2 aliphatic rings. The predicted octanol–water partition coefficient (Wildman–Crippen LogP) is 1.02. The van der Waals surface area contributed by atoms with Gasteiger partial charge in [0.1, 0.15) is 6.61 Å². The van der Waals surface area contributed by atoms with Crippen LogP contribution in [-0.2, 0) is 9.53 Å².